The van der Waals surface area contributed by atoms with Crippen LogP contribution in [0, 0.1) is 19.3 Å². The molecule has 0 bridgehead atoms. The Labute approximate surface area is 255 Å². The third-order valence-corrected chi connectivity index (χ3v) is 8.75. The molecule has 0 amide bonds. The number of nitrogens with zero attached hydrogens (tertiary/aromatic N) is 4. The van der Waals surface area contributed by atoms with Gasteiger partial charge in [-0.2, -0.15) is 5.10 Å². The van der Waals surface area contributed by atoms with E-state index in [-0.39, 0.29) is 5.41 Å². The fourth-order valence-corrected chi connectivity index (χ4v) is 6.19. The molecule has 1 aliphatic rings. The van der Waals surface area contributed by atoms with Gasteiger partial charge in [-0.05, 0) is 44.7 Å². The van der Waals surface area contributed by atoms with Gasteiger partial charge in [-0.1, -0.05) is 104 Å². The summed E-state index contributed by atoms with van der Waals surface area (Å²) in [5.41, 5.74) is 7.75. The second kappa shape index (κ2) is 13.1. The van der Waals surface area contributed by atoms with Gasteiger partial charge in [0, 0.05) is 35.3 Å². The predicted octanol–water partition coefficient (Wildman–Crippen LogP) is 8.39. The van der Waals surface area contributed by atoms with Crippen LogP contribution in [0.25, 0.3) is 22.5 Å². The van der Waals surface area contributed by atoms with Gasteiger partial charge in [-0.25, -0.2) is 4.98 Å². The summed E-state index contributed by atoms with van der Waals surface area (Å²) in [6.07, 6.45) is 3.76. The van der Waals surface area contributed by atoms with Gasteiger partial charge in [-0.3, -0.25) is 4.68 Å². The van der Waals surface area contributed by atoms with Crippen molar-refractivity contribution in [2.24, 2.45) is 5.41 Å². The van der Waals surface area contributed by atoms with E-state index in [1.165, 1.54) is 11.3 Å². The Hall–Kier alpha value is -4.00. The lowest BCUT2D eigenvalue weighted by Crippen LogP contribution is -2.39. The molecular weight excluding hydrogens is 532 g/mol. The zero-order valence-electron chi connectivity index (χ0n) is 25.6. The number of ether oxygens (including phenoxy) is 2. The van der Waals surface area contributed by atoms with Gasteiger partial charge in [0.15, 0.2) is 5.82 Å². The molecule has 6 rings (SSSR count). The van der Waals surface area contributed by atoms with Crippen LogP contribution in [-0.2, 0) is 22.6 Å². The lowest BCUT2D eigenvalue weighted by atomic mass is 9.81. The summed E-state index contributed by atoms with van der Waals surface area (Å²) >= 11 is 0. The minimum atomic E-state index is -0.530. The smallest absolute Gasteiger partial charge is 0.217 e. The van der Waals surface area contributed by atoms with Crippen LogP contribution in [0.15, 0.2) is 97.1 Å². The molecule has 222 valence electrons. The van der Waals surface area contributed by atoms with Crippen molar-refractivity contribution < 1.29 is 9.47 Å². The largest absolute Gasteiger partial charge is 0.345 e. The van der Waals surface area contributed by atoms with Crippen molar-refractivity contribution in [3.63, 3.8) is 0 Å². The monoisotopic (exact) mass is 574 g/mol. The van der Waals surface area contributed by atoms with Gasteiger partial charge in [0.2, 0.25) is 6.29 Å². The summed E-state index contributed by atoms with van der Waals surface area (Å²) < 4.78 is 17.6. The molecule has 5 aromatic rings. The summed E-state index contributed by atoms with van der Waals surface area (Å²) in [5, 5.41) is 4.62. The molecule has 3 aromatic carbocycles. The number of hydrogen-bond acceptors (Lipinski definition) is 4. The van der Waals surface area contributed by atoms with Gasteiger partial charge in [0.1, 0.15) is 0 Å². The van der Waals surface area contributed by atoms with Gasteiger partial charge in [0.05, 0.1) is 30.3 Å². The van der Waals surface area contributed by atoms with Gasteiger partial charge in [-0.15, -0.1) is 0 Å². The van der Waals surface area contributed by atoms with E-state index in [1.54, 1.807) is 0 Å². The first-order chi connectivity index (χ1) is 21.0. The van der Waals surface area contributed by atoms with E-state index in [0.29, 0.717) is 19.8 Å². The van der Waals surface area contributed by atoms with Gasteiger partial charge in [0.25, 0.3) is 0 Å². The topological polar surface area (TPSA) is 54.1 Å². The molecule has 3 heterocycles. The Morgan fingerprint density at radius 1 is 0.814 bits per heavy atom. The lowest BCUT2D eigenvalue weighted by Gasteiger charge is -2.39. The van der Waals surface area contributed by atoms with E-state index in [2.05, 4.69) is 126 Å². The number of unbranched alkanes of at least 4 members (excludes halogenated alkanes) is 1. The van der Waals surface area contributed by atoms with Crippen molar-refractivity contribution in [1.82, 2.24) is 19.3 Å². The fourth-order valence-electron chi connectivity index (χ4n) is 6.19. The molecule has 0 atom stereocenters. The van der Waals surface area contributed by atoms with E-state index >= 15 is 0 Å². The molecular formula is C37H42N4O2. The van der Waals surface area contributed by atoms with Crippen LogP contribution < -0.4 is 0 Å². The lowest BCUT2D eigenvalue weighted by molar-refractivity contribution is -0.240. The zero-order chi connectivity index (χ0) is 29.6. The Balaban J connectivity index is 1.26. The van der Waals surface area contributed by atoms with Crippen LogP contribution in [0.5, 0.6) is 0 Å². The SMILES string of the molecule is CCC1(CCCCn2nc(C)cc2C)COC(c2nc(-c3ccccc3)c(-c3ccccc3)n2Cc2ccccc2)OC1. The second-order valence-corrected chi connectivity index (χ2v) is 11.9. The first-order valence-corrected chi connectivity index (χ1v) is 15.5. The number of aromatic nitrogens is 4. The first-order valence-electron chi connectivity index (χ1n) is 15.5. The number of rotatable bonds is 11. The third kappa shape index (κ3) is 6.51. The van der Waals surface area contributed by atoms with Gasteiger partial charge < -0.3 is 14.0 Å². The molecule has 0 N–H and O–H groups in total. The average molecular weight is 575 g/mol. The Kier molecular flexibility index (Phi) is 8.87. The van der Waals surface area contributed by atoms with Crippen LogP contribution in [0.3, 0.4) is 0 Å². The first kappa shape index (κ1) is 29.1. The Morgan fingerprint density at radius 2 is 1.44 bits per heavy atom. The molecule has 0 saturated carbocycles. The molecule has 0 unspecified atom stereocenters. The molecule has 1 fully saturated rings. The summed E-state index contributed by atoms with van der Waals surface area (Å²) in [7, 11) is 0. The number of aryl methyl sites for hydroxylation is 3. The third-order valence-electron chi connectivity index (χ3n) is 8.75. The van der Waals surface area contributed by atoms with Crippen molar-refractivity contribution in [2.75, 3.05) is 13.2 Å². The highest BCUT2D eigenvalue weighted by molar-refractivity contribution is 5.79. The van der Waals surface area contributed by atoms with E-state index in [4.69, 9.17) is 14.5 Å². The van der Waals surface area contributed by atoms with Crippen LogP contribution >= 0.6 is 0 Å². The maximum atomic E-state index is 6.60. The van der Waals surface area contributed by atoms with E-state index in [0.717, 1.165) is 66.3 Å². The maximum absolute atomic E-state index is 6.60. The molecule has 0 radical (unpaired) electrons. The predicted molar refractivity (Wildman–Crippen MR) is 172 cm³/mol. The molecule has 6 heteroatoms. The van der Waals surface area contributed by atoms with Crippen molar-refractivity contribution in [1.29, 1.82) is 0 Å². The quantitative estimate of drug-likeness (QED) is 0.149. The molecule has 1 saturated heterocycles. The molecule has 1 aliphatic heterocycles. The minimum Gasteiger partial charge on any atom is -0.345 e. The second-order valence-electron chi connectivity index (χ2n) is 11.9. The van der Waals surface area contributed by atoms with E-state index in [9.17, 15) is 0 Å². The normalized spacial score (nSPS) is 18.6. The van der Waals surface area contributed by atoms with Crippen molar-refractivity contribution >= 4 is 0 Å². The van der Waals surface area contributed by atoms with Crippen LogP contribution in [0.2, 0.25) is 0 Å². The van der Waals surface area contributed by atoms with Crippen molar-refractivity contribution in [2.45, 2.75) is 65.8 Å². The van der Waals surface area contributed by atoms with Crippen LogP contribution in [0.1, 0.15) is 61.7 Å². The van der Waals surface area contributed by atoms with E-state index in [1.807, 2.05) is 6.07 Å². The standard InChI is InChI=1S/C37H42N4O2/c1-4-37(22-14-15-23-41-29(3)24-28(2)39-41)26-42-36(43-27-37)35-38-33(31-18-10-6-11-19-31)34(32-20-12-7-13-21-32)40(35)25-30-16-8-5-9-17-30/h5-13,16-21,24,36H,4,14-15,22-23,25-27H2,1-3H3. The Morgan fingerprint density at radius 3 is 2.05 bits per heavy atom. The highest BCUT2D eigenvalue weighted by Crippen LogP contribution is 2.41. The zero-order valence-corrected chi connectivity index (χ0v) is 25.6. The van der Waals surface area contributed by atoms with Crippen molar-refractivity contribution in [3.8, 4) is 22.5 Å². The fraction of sp³-hybridized carbons (Fsp3) is 0.351. The molecule has 2 aromatic heterocycles. The van der Waals surface area contributed by atoms with Crippen LogP contribution in [-0.4, -0.2) is 32.5 Å². The summed E-state index contributed by atoms with van der Waals surface area (Å²) in [5.74, 6) is 0.816. The number of benzene rings is 3. The molecule has 0 spiro atoms. The highest BCUT2D eigenvalue weighted by atomic mass is 16.7. The van der Waals surface area contributed by atoms with Crippen molar-refractivity contribution in [3.05, 3.63) is 120 Å². The minimum absolute atomic E-state index is 0.00690. The molecule has 0 aliphatic carbocycles. The molecule has 6 nitrogen and oxygen atoms in total. The van der Waals surface area contributed by atoms with E-state index < -0.39 is 6.29 Å². The average Bonchev–Trinajstić information content (AvgIpc) is 3.59. The molecule has 43 heavy (non-hydrogen) atoms. The highest BCUT2D eigenvalue weighted by Gasteiger charge is 2.38. The summed E-state index contributed by atoms with van der Waals surface area (Å²) in [6, 6.07) is 33.7. The van der Waals surface area contributed by atoms with Gasteiger partial charge >= 0.3 is 0 Å². The number of imidazole rings is 1. The summed E-state index contributed by atoms with van der Waals surface area (Å²) in [6.45, 7) is 9.39. The van der Waals surface area contributed by atoms with Crippen LogP contribution in [0.4, 0.5) is 0 Å². The number of hydrogen-bond donors (Lipinski definition) is 0. The summed E-state index contributed by atoms with van der Waals surface area (Å²) in [4.78, 5) is 5.27. The maximum Gasteiger partial charge on any atom is 0.217 e. The Bertz CT molecular complexity index is 1600.